The number of carbonyl (C=O) groups is 1. The molecule has 2 aliphatic rings. The highest BCUT2D eigenvalue weighted by molar-refractivity contribution is 6.06. The lowest BCUT2D eigenvalue weighted by Crippen LogP contribution is -2.23. The molecule has 0 aliphatic carbocycles. The highest BCUT2D eigenvalue weighted by Gasteiger charge is 2.50. The van der Waals surface area contributed by atoms with Crippen molar-refractivity contribution >= 4 is 16.9 Å². The van der Waals surface area contributed by atoms with Gasteiger partial charge in [-0.15, -0.1) is 0 Å². The van der Waals surface area contributed by atoms with Crippen LogP contribution < -0.4 is 0 Å². The third-order valence-electron chi connectivity index (χ3n) is 4.31. The Morgan fingerprint density at radius 1 is 1.29 bits per heavy atom. The average molecular weight is 331 g/mol. The molecule has 1 fully saturated rings. The number of ether oxygens (including phenoxy) is 3. The van der Waals surface area contributed by atoms with E-state index in [0.717, 1.165) is 16.6 Å². The summed E-state index contributed by atoms with van der Waals surface area (Å²) in [7, 11) is 0. The Kier molecular flexibility index (Phi) is 4.40. The minimum Gasteiger partial charge on any atom is -0.462 e. The predicted molar refractivity (Wildman–Crippen MR) is 92.0 cm³/mol. The second-order valence-corrected chi connectivity index (χ2v) is 6.20. The molecule has 0 bridgehead atoms. The number of carbonyl (C=O) groups excluding carboxylic acids is 1. The van der Waals surface area contributed by atoms with E-state index < -0.39 is 5.79 Å². The zero-order valence-electron chi connectivity index (χ0n) is 15.0. The van der Waals surface area contributed by atoms with Gasteiger partial charge in [0.25, 0.3) is 0 Å². The fourth-order valence-electron chi connectivity index (χ4n) is 3.61. The number of hydrogen-bond donors (Lipinski definition) is 0. The van der Waals surface area contributed by atoms with E-state index in [1.165, 1.54) is 0 Å². The van der Waals surface area contributed by atoms with Crippen molar-refractivity contribution in [3.63, 3.8) is 0 Å². The topological polar surface area (TPSA) is 49.7 Å². The second-order valence-electron chi connectivity index (χ2n) is 6.20. The minimum atomic E-state index is -0.622. The molecule has 2 atom stereocenters. The lowest BCUT2D eigenvalue weighted by molar-refractivity contribution is -0.151. The van der Waals surface area contributed by atoms with Gasteiger partial charge < -0.3 is 18.8 Å². The van der Waals surface area contributed by atoms with E-state index in [0.29, 0.717) is 18.7 Å². The van der Waals surface area contributed by atoms with Gasteiger partial charge in [-0.1, -0.05) is 32.0 Å². The van der Waals surface area contributed by atoms with Crippen LogP contribution in [-0.2, 0) is 20.8 Å². The number of rotatable bonds is 2. The van der Waals surface area contributed by atoms with Crippen molar-refractivity contribution < 1.29 is 19.0 Å². The van der Waals surface area contributed by atoms with Gasteiger partial charge in [-0.3, -0.25) is 0 Å². The summed E-state index contributed by atoms with van der Waals surface area (Å²) < 4.78 is 19.4. The van der Waals surface area contributed by atoms with Crippen LogP contribution in [0.1, 0.15) is 56.8 Å². The van der Waals surface area contributed by atoms with Crippen molar-refractivity contribution in [1.82, 2.24) is 4.57 Å². The van der Waals surface area contributed by atoms with E-state index in [-0.39, 0.29) is 18.2 Å². The molecule has 0 N–H and O–H groups in total. The molecule has 0 saturated carbocycles. The van der Waals surface area contributed by atoms with Gasteiger partial charge >= 0.3 is 5.97 Å². The molecule has 0 spiro atoms. The summed E-state index contributed by atoms with van der Waals surface area (Å²) in [6.07, 6.45) is -0.274. The first kappa shape index (κ1) is 17.0. The van der Waals surface area contributed by atoms with Gasteiger partial charge in [-0.2, -0.15) is 0 Å². The molecule has 1 saturated heterocycles. The Labute approximate surface area is 142 Å². The molecule has 3 heterocycles. The van der Waals surface area contributed by atoms with Crippen molar-refractivity contribution in [2.24, 2.45) is 0 Å². The molecule has 2 aromatic rings. The summed E-state index contributed by atoms with van der Waals surface area (Å²) in [5.41, 5.74) is 2.53. The number of para-hydroxylation sites is 1. The zero-order chi connectivity index (χ0) is 17.5. The Bertz CT molecular complexity index is 762. The van der Waals surface area contributed by atoms with Gasteiger partial charge in [-0.25, -0.2) is 4.79 Å². The van der Waals surface area contributed by atoms with Crippen LogP contribution in [0.4, 0.5) is 0 Å². The largest absolute Gasteiger partial charge is 0.462 e. The van der Waals surface area contributed by atoms with Crippen molar-refractivity contribution in [2.45, 2.75) is 59.2 Å². The van der Waals surface area contributed by atoms with Gasteiger partial charge in [0.15, 0.2) is 5.79 Å². The summed E-state index contributed by atoms with van der Waals surface area (Å²) in [5, 5.41) is 0.919. The molecule has 0 radical (unpaired) electrons. The molecule has 4 rings (SSSR count). The van der Waals surface area contributed by atoms with Crippen LogP contribution in [0.15, 0.2) is 24.3 Å². The fraction of sp³-hybridized carbons (Fsp3) is 0.526. The maximum absolute atomic E-state index is 12.5. The second kappa shape index (κ2) is 6.22. The predicted octanol–water partition coefficient (Wildman–Crippen LogP) is 4.05. The average Bonchev–Trinajstić information content (AvgIpc) is 3.14. The van der Waals surface area contributed by atoms with Crippen LogP contribution in [-0.4, -0.2) is 29.0 Å². The van der Waals surface area contributed by atoms with E-state index in [2.05, 4.69) is 4.57 Å². The Hall–Kier alpha value is -1.85. The lowest BCUT2D eigenvalue weighted by atomic mass is 10.1. The van der Waals surface area contributed by atoms with Gasteiger partial charge in [0.05, 0.1) is 24.4 Å². The number of hydrogen-bond acceptors (Lipinski definition) is 4. The van der Waals surface area contributed by atoms with E-state index in [4.69, 9.17) is 14.2 Å². The maximum Gasteiger partial charge on any atom is 0.340 e. The molecule has 5 heteroatoms. The fourth-order valence-corrected chi connectivity index (χ4v) is 3.61. The minimum absolute atomic E-state index is 0.0530. The van der Waals surface area contributed by atoms with Crippen molar-refractivity contribution in [2.75, 3.05) is 6.61 Å². The van der Waals surface area contributed by atoms with Gasteiger partial charge in [0.1, 0.15) is 12.2 Å². The van der Waals surface area contributed by atoms with Crippen molar-refractivity contribution in [3.05, 3.63) is 35.5 Å². The number of aromatic nitrogens is 1. The molecule has 24 heavy (non-hydrogen) atoms. The van der Waals surface area contributed by atoms with E-state index >= 15 is 0 Å². The molecule has 0 amide bonds. The maximum atomic E-state index is 12.5. The zero-order valence-corrected chi connectivity index (χ0v) is 15.0. The highest BCUT2D eigenvalue weighted by Crippen LogP contribution is 2.47. The molecule has 0 unspecified atom stereocenters. The summed E-state index contributed by atoms with van der Waals surface area (Å²) in [5.74, 6) is -0.912. The number of benzene rings is 1. The van der Waals surface area contributed by atoms with Crippen LogP contribution in [0.3, 0.4) is 0 Å². The lowest BCUT2D eigenvalue weighted by Gasteiger charge is -2.19. The highest BCUT2D eigenvalue weighted by atomic mass is 16.8. The molecule has 5 nitrogen and oxygen atoms in total. The third-order valence-corrected chi connectivity index (χ3v) is 4.31. The summed E-state index contributed by atoms with van der Waals surface area (Å²) in [4.78, 5) is 12.5. The standard InChI is InChI=1S/C17H19NO4.C2H6/c1-4-20-16(19)13-10-7-5-6-8-11(10)18-9-12-15(14(13)18)22-17(2,3)21-12;1-2/h5-8,12,15H,4,9H2,1-3H3;1-2H3/t12-,15-;/m1./s1. The summed E-state index contributed by atoms with van der Waals surface area (Å²) in [6, 6.07) is 7.90. The molecular weight excluding hydrogens is 306 g/mol. The SMILES string of the molecule is CC.CCOC(=O)c1c2n(c3ccccc13)C[C@H]1OC(C)(C)O[C@@H]21. The normalized spacial score (nSPS) is 23.4. The monoisotopic (exact) mass is 331 g/mol. The number of nitrogens with zero attached hydrogens (tertiary/aromatic N) is 1. The van der Waals surface area contributed by atoms with Crippen LogP contribution >= 0.6 is 0 Å². The molecule has 1 aromatic carbocycles. The molecule has 2 aliphatic heterocycles. The molecule has 1 aromatic heterocycles. The van der Waals surface area contributed by atoms with Crippen LogP contribution in [0.25, 0.3) is 10.9 Å². The Morgan fingerprint density at radius 3 is 2.71 bits per heavy atom. The first-order valence-corrected chi connectivity index (χ1v) is 8.65. The Morgan fingerprint density at radius 2 is 2.00 bits per heavy atom. The summed E-state index contributed by atoms with van der Waals surface area (Å²) in [6.45, 7) is 10.7. The molecular formula is C19H25NO4. The van der Waals surface area contributed by atoms with E-state index in [1.54, 1.807) is 0 Å². The first-order valence-electron chi connectivity index (χ1n) is 8.65. The van der Waals surface area contributed by atoms with Crippen molar-refractivity contribution in [3.8, 4) is 0 Å². The summed E-state index contributed by atoms with van der Waals surface area (Å²) >= 11 is 0. The van der Waals surface area contributed by atoms with Gasteiger partial charge in [0.2, 0.25) is 0 Å². The van der Waals surface area contributed by atoms with Crippen LogP contribution in [0.2, 0.25) is 0 Å². The van der Waals surface area contributed by atoms with Gasteiger partial charge in [-0.05, 0) is 26.8 Å². The van der Waals surface area contributed by atoms with Crippen LogP contribution in [0.5, 0.6) is 0 Å². The third kappa shape index (κ3) is 2.52. The van der Waals surface area contributed by atoms with Gasteiger partial charge in [0, 0.05) is 10.9 Å². The Balaban J connectivity index is 0.000000815. The van der Waals surface area contributed by atoms with Crippen LogP contribution in [0, 0.1) is 0 Å². The van der Waals surface area contributed by atoms with Crippen molar-refractivity contribution in [1.29, 1.82) is 0 Å². The number of fused-ring (bicyclic) bond motifs is 5. The van der Waals surface area contributed by atoms with E-state index in [1.807, 2.05) is 58.9 Å². The molecule has 130 valence electrons. The quantitative estimate of drug-likeness (QED) is 0.779. The van der Waals surface area contributed by atoms with E-state index in [9.17, 15) is 4.79 Å². The first-order chi connectivity index (χ1) is 11.5. The smallest absolute Gasteiger partial charge is 0.340 e. The number of esters is 1.